The van der Waals surface area contributed by atoms with Crippen LogP contribution in [0.4, 0.5) is 4.79 Å². The second-order valence-corrected chi connectivity index (χ2v) is 8.20. The van der Waals surface area contributed by atoms with Crippen molar-refractivity contribution < 1.29 is 9.21 Å². The highest BCUT2D eigenvalue weighted by Gasteiger charge is 2.31. The monoisotopic (exact) mass is 384 g/mol. The molecule has 0 spiro atoms. The summed E-state index contributed by atoms with van der Waals surface area (Å²) >= 11 is 0. The molecule has 1 atom stereocenters. The molecule has 2 heterocycles. The van der Waals surface area contributed by atoms with Crippen molar-refractivity contribution in [3.8, 4) is 11.3 Å². The maximum Gasteiger partial charge on any atom is 0.315 e. The Morgan fingerprint density at radius 3 is 2.82 bits per heavy atom. The fraction of sp³-hybridized carbons (Fsp3) is 0.545. The SMILES string of the molecule is CCC1CCCN(C(C)(C)CNC(=O)NCc2ncc(-c3ccccc3)o2)C1. The summed E-state index contributed by atoms with van der Waals surface area (Å²) in [6.45, 7) is 9.75. The molecular weight excluding hydrogens is 352 g/mol. The fourth-order valence-corrected chi connectivity index (χ4v) is 3.70. The number of carbonyl (C=O) groups excluding carboxylic acids is 1. The highest BCUT2D eigenvalue weighted by Crippen LogP contribution is 2.25. The molecule has 1 aromatic carbocycles. The van der Waals surface area contributed by atoms with Gasteiger partial charge in [-0.3, -0.25) is 4.90 Å². The summed E-state index contributed by atoms with van der Waals surface area (Å²) in [7, 11) is 0. The molecule has 3 rings (SSSR count). The molecule has 2 amide bonds. The number of aromatic nitrogens is 1. The van der Waals surface area contributed by atoms with Crippen LogP contribution in [0.5, 0.6) is 0 Å². The van der Waals surface area contributed by atoms with Gasteiger partial charge in [0.2, 0.25) is 5.89 Å². The van der Waals surface area contributed by atoms with Gasteiger partial charge in [-0.05, 0) is 39.2 Å². The molecule has 2 N–H and O–H groups in total. The standard InChI is InChI=1S/C22H32N4O2/c1-4-17-9-8-12-26(15-17)22(2,3)16-25-21(27)24-14-20-23-13-19(28-20)18-10-6-5-7-11-18/h5-7,10-11,13,17H,4,8-9,12,14-16H2,1-3H3,(H2,24,25,27). The van der Waals surface area contributed by atoms with Crippen molar-refractivity contribution in [1.82, 2.24) is 20.5 Å². The number of oxazole rings is 1. The summed E-state index contributed by atoms with van der Waals surface area (Å²) in [6.07, 6.45) is 5.47. The van der Waals surface area contributed by atoms with E-state index in [1.165, 1.54) is 19.3 Å². The molecule has 1 aliphatic heterocycles. The maximum absolute atomic E-state index is 12.2. The first-order valence-corrected chi connectivity index (χ1v) is 10.2. The molecule has 0 aliphatic carbocycles. The second kappa shape index (κ2) is 9.24. The van der Waals surface area contributed by atoms with Gasteiger partial charge in [0.25, 0.3) is 0 Å². The smallest absolute Gasteiger partial charge is 0.315 e. The summed E-state index contributed by atoms with van der Waals surface area (Å²) in [4.78, 5) is 19.0. The van der Waals surface area contributed by atoms with E-state index < -0.39 is 0 Å². The number of hydrogen-bond acceptors (Lipinski definition) is 4. The van der Waals surface area contributed by atoms with Crippen LogP contribution in [0.2, 0.25) is 0 Å². The van der Waals surface area contributed by atoms with Crippen molar-refractivity contribution in [2.24, 2.45) is 5.92 Å². The maximum atomic E-state index is 12.2. The van der Waals surface area contributed by atoms with Gasteiger partial charge in [-0.15, -0.1) is 0 Å². The normalized spacial score (nSPS) is 18.0. The Bertz CT molecular complexity index is 757. The molecule has 2 aromatic rings. The lowest BCUT2D eigenvalue weighted by molar-refractivity contribution is 0.0665. The van der Waals surface area contributed by atoms with Gasteiger partial charge in [-0.1, -0.05) is 43.7 Å². The number of benzene rings is 1. The number of carbonyl (C=O) groups is 1. The van der Waals surface area contributed by atoms with Crippen molar-refractivity contribution in [2.45, 2.75) is 52.1 Å². The van der Waals surface area contributed by atoms with Gasteiger partial charge in [0.15, 0.2) is 5.76 Å². The van der Waals surface area contributed by atoms with Crippen LogP contribution in [-0.2, 0) is 6.54 Å². The third-order valence-corrected chi connectivity index (χ3v) is 5.65. The average molecular weight is 385 g/mol. The summed E-state index contributed by atoms with van der Waals surface area (Å²) in [6, 6.07) is 9.61. The lowest BCUT2D eigenvalue weighted by Gasteiger charge is -2.43. The zero-order valence-electron chi connectivity index (χ0n) is 17.2. The third-order valence-electron chi connectivity index (χ3n) is 5.65. The molecule has 0 radical (unpaired) electrons. The Hall–Kier alpha value is -2.34. The van der Waals surface area contributed by atoms with Gasteiger partial charge >= 0.3 is 6.03 Å². The Morgan fingerprint density at radius 2 is 2.07 bits per heavy atom. The minimum absolute atomic E-state index is 0.0609. The minimum atomic E-state index is -0.198. The van der Waals surface area contributed by atoms with Gasteiger partial charge in [0.05, 0.1) is 12.7 Å². The topological polar surface area (TPSA) is 70.4 Å². The molecule has 0 saturated carbocycles. The molecular formula is C22H32N4O2. The molecule has 1 saturated heterocycles. The quantitative estimate of drug-likeness (QED) is 0.756. The number of likely N-dealkylation sites (tertiary alicyclic amines) is 1. The first kappa shape index (κ1) is 20.4. The lowest BCUT2D eigenvalue weighted by Crippen LogP contribution is -2.55. The molecule has 152 valence electrons. The summed E-state index contributed by atoms with van der Waals surface area (Å²) in [5.41, 5.74) is 0.911. The van der Waals surface area contributed by atoms with Crippen molar-refractivity contribution in [3.05, 3.63) is 42.4 Å². The van der Waals surface area contributed by atoms with E-state index in [4.69, 9.17) is 4.42 Å². The zero-order valence-corrected chi connectivity index (χ0v) is 17.2. The Morgan fingerprint density at radius 1 is 1.29 bits per heavy atom. The number of nitrogens with one attached hydrogen (secondary N) is 2. The first-order valence-electron chi connectivity index (χ1n) is 10.2. The van der Waals surface area contributed by atoms with Gasteiger partial charge in [-0.2, -0.15) is 0 Å². The number of hydrogen-bond donors (Lipinski definition) is 2. The van der Waals surface area contributed by atoms with E-state index in [9.17, 15) is 4.79 Å². The molecule has 1 unspecified atom stereocenters. The van der Waals surface area contributed by atoms with E-state index in [-0.39, 0.29) is 18.1 Å². The van der Waals surface area contributed by atoms with Crippen LogP contribution in [0.1, 0.15) is 45.9 Å². The molecule has 1 aromatic heterocycles. The molecule has 1 fully saturated rings. The largest absolute Gasteiger partial charge is 0.439 e. The first-order chi connectivity index (χ1) is 13.5. The number of piperidine rings is 1. The molecule has 0 bridgehead atoms. The van der Waals surface area contributed by atoms with Gasteiger partial charge < -0.3 is 15.1 Å². The van der Waals surface area contributed by atoms with Gasteiger partial charge in [0.1, 0.15) is 0 Å². The van der Waals surface area contributed by atoms with E-state index in [1.807, 2.05) is 30.3 Å². The number of nitrogens with zero attached hydrogens (tertiary/aromatic N) is 2. The van der Waals surface area contributed by atoms with E-state index in [0.717, 1.165) is 24.6 Å². The predicted octanol–water partition coefficient (Wildman–Crippen LogP) is 4.04. The predicted molar refractivity (Wildman–Crippen MR) is 111 cm³/mol. The van der Waals surface area contributed by atoms with Crippen LogP contribution in [-0.4, -0.2) is 41.1 Å². The summed E-state index contributed by atoms with van der Waals surface area (Å²) in [5.74, 6) is 1.97. The summed E-state index contributed by atoms with van der Waals surface area (Å²) < 4.78 is 5.72. The Balaban J connectivity index is 1.45. The van der Waals surface area contributed by atoms with Crippen molar-refractivity contribution in [1.29, 1.82) is 0 Å². The Labute approximate surface area is 167 Å². The highest BCUT2D eigenvalue weighted by atomic mass is 16.4. The molecule has 6 heteroatoms. The lowest BCUT2D eigenvalue weighted by atomic mass is 9.91. The zero-order chi connectivity index (χ0) is 20.0. The minimum Gasteiger partial charge on any atom is -0.439 e. The van der Waals surface area contributed by atoms with E-state index >= 15 is 0 Å². The molecule has 1 aliphatic rings. The fourth-order valence-electron chi connectivity index (χ4n) is 3.70. The number of amides is 2. The second-order valence-electron chi connectivity index (χ2n) is 8.20. The van der Waals surface area contributed by atoms with Crippen LogP contribution < -0.4 is 10.6 Å². The van der Waals surface area contributed by atoms with Gasteiger partial charge in [-0.25, -0.2) is 9.78 Å². The van der Waals surface area contributed by atoms with E-state index in [0.29, 0.717) is 18.2 Å². The van der Waals surface area contributed by atoms with Crippen LogP contribution >= 0.6 is 0 Å². The Kier molecular flexibility index (Phi) is 6.73. The van der Waals surface area contributed by atoms with Crippen molar-refractivity contribution >= 4 is 6.03 Å². The van der Waals surface area contributed by atoms with Gasteiger partial charge in [0, 0.05) is 24.2 Å². The summed E-state index contributed by atoms with van der Waals surface area (Å²) in [5, 5.41) is 5.84. The highest BCUT2D eigenvalue weighted by molar-refractivity contribution is 5.73. The van der Waals surface area contributed by atoms with Crippen LogP contribution in [0.25, 0.3) is 11.3 Å². The van der Waals surface area contributed by atoms with E-state index in [1.54, 1.807) is 6.20 Å². The molecule has 6 nitrogen and oxygen atoms in total. The van der Waals surface area contributed by atoms with Crippen molar-refractivity contribution in [3.63, 3.8) is 0 Å². The van der Waals surface area contributed by atoms with E-state index in [2.05, 4.69) is 41.3 Å². The average Bonchev–Trinajstić information content (AvgIpc) is 3.20. The van der Waals surface area contributed by atoms with Crippen molar-refractivity contribution in [2.75, 3.05) is 19.6 Å². The van der Waals surface area contributed by atoms with Crippen LogP contribution in [0.15, 0.2) is 40.9 Å². The third kappa shape index (κ3) is 5.35. The van der Waals surface area contributed by atoms with Crippen LogP contribution in [0.3, 0.4) is 0 Å². The number of rotatable bonds is 7. The van der Waals surface area contributed by atoms with Crippen LogP contribution in [0, 0.1) is 5.92 Å². The molecule has 28 heavy (non-hydrogen) atoms. The number of urea groups is 1.